The van der Waals surface area contributed by atoms with Gasteiger partial charge in [-0.05, 0) is 61.4 Å². The van der Waals surface area contributed by atoms with E-state index in [-0.39, 0.29) is 11.7 Å². The molecule has 1 heterocycles. The van der Waals surface area contributed by atoms with Gasteiger partial charge in [0.05, 0.1) is 18.9 Å². The molecule has 1 N–H and O–H groups in total. The molecule has 2 aromatic carbocycles. The lowest BCUT2D eigenvalue weighted by Crippen LogP contribution is -2.49. The summed E-state index contributed by atoms with van der Waals surface area (Å²) in [4.78, 5) is 12.7. The Hall–Kier alpha value is -3.02. The fourth-order valence-electron chi connectivity index (χ4n) is 3.97. The van der Waals surface area contributed by atoms with Crippen molar-refractivity contribution >= 4 is 29.3 Å². The summed E-state index contributed by atoms with van der Waals surface area (Å²) in [6.45, 7) is 0. The van der Waals surface area contributed by atoms with Crippen LogP contribution in [0.4, 0.5) is 0 Å². The minimum Gasteiger partial charge on any atom is -0.497 e. The van der Waals surface area contributed by atoms with Crippen LogP contribution < -0.4 is 10.1 Å². The maximum atomic E-state index is 12.7. The van der Waals surface area contributed by atoms with E-state index >= 15 is 0 Å². The molecule has 9 heteroatoms. The van der Waals surface area contributed by atoms with E-state index in [0.717, 1.165) is 36.3 Å². The Kier molecular flexibility index (Phi) is 7.21. The molecule has 0 radical (unpaired) electrons. The molecular formula is C24H24ClN5O2S. The van der Waals surface area contributed by atoms with E-state index in [0.29, 0.717) is 28.8 Å². The lowest BCUT2D eigenvalue weighted by molar-refractivity contribution is -0.120. The van der Waals surface area contributed by atoms with Crippen LogP contribution in [0.2, 0.25) is 5.02 Å². The highest BCUT2D eigenvalue weighted by Crippen LogP contribution is 2.31. The molecule has 0 unspecified atom stereocenters. The Morgan fingerprint density at radius 1 is 1.15 bits per heavy atom. The third-order valence-corrected chi connectivity index (χ3v) is 6.88. The molecule has 4 rings (SSSR count). The van der Waals surface area contributed by atoms with Gasteiger partial charge in [-0.3, -0.25) is 9.36 Å². The van der Waals surface area contributed by atoms with E-state index in [1.165, 1.54) is 11.8 Å². The van der Waals surface area contributed by atoms with Crippen LogP contribution in [-0.2, 0) is 4.79 Å². The van der Waals surface area contributed by atoms with Crippen LogP contribution in [0.25, 0.3) is 17.1 Å². The summed E-state index contributed by atoms with van der Waals surface area (Å²) < 4.78 is 7.18. The summed E-state index contributed by atoms with van der Waals surface area (Å²) >= 11 is 7.34. The highest BCUT2D eigenvalue weighted by molar-refractivity contribution is 7.99. The summed E-state index contributed by atoms with van der Waals surface area (Å²) in [6, 6.07) is 17.3. The minimum atomic E-state index is -0.756. The number of carbonyl (C=O) groups excluding carboxylic acids is 1. The lowest BCUT2D eigenvalue weighted by atomic mass is 9.83. The number of nitriles is 1. The maximum absolute atomic E-state index is 12.7. The van der Waals surface area contributed by atoms with E-state index in [9.17, 15) is 10.1 Å². The topological polar surface area (TPSA) is 92.8 Å². The second kappa shape index (κ2) is 10.3. The molecule has 33 heavy (non-hydrogen) atoms. The number of nitrogens with zero attached hydrogens (tertiary/aromatic N) is 4. The number of hydrogen-bond donors (Lipinski definition) is 1. The monoisotopic (exact) mass is 481 g/mol. The fourth-order valence-corrected chi connectivity index (χ4v) is 4.84. The third kappa shape index (κ3) is 5.32. The van der Waals surface area contributed by atoms with E-state index in [2.05, 4.69) is 21.6 Å². The number of carbonyl (C=O) groups is 1. The van der Waals surface area contributed by atoms with Gasteiger partial charge in [-0.15, -0.1) is 10.2 Å². The van der Waals surface area contributed by atoms with Crippen LogP contribution >= 0.6 is 23.4 Å². The van der Waals surface area contributed by atoms with Crippen molar-refractivity contribution in [3.8, 4) is 28.9 Å². The standard InChI is InChI=1S/C24H24ClN5O2S/c1-32-20-11-9-19(10-12-20)30-22(17-5-7-18(25)8-6-17)28-29-23(30)33-15-21(31)27-24(16-26)13-3-2-4-14-24/h5-12H,2-4,13-15H2,1H3,(H,27,31). The summed E-state index contributed by atoms with van der Waals surface area (Å²) in [6.07, 6.45) is 4.41. The zero-order valence-corrected chi connectivity index (χ0v) is 19.8. The Morgan fingerprint density at radius 3 is 2.48 bits per heavy atom. The Balaban J connectivity index is 1.59. The number of benzene rings is 2. The van der Waals surface area contributed by atoms with E-state index < -0.39 is 5.54 Å². The van der Waals surface area contributed by atoms with Gasteiger partial charge < -0.3 is 10.1 Å². The highest BCUT2D eigenvalue weighted by atomic mass is 35.5. The molecule has 1 aromatic heterocycles. The molecule has 170 valence electrons. The minimum absolute atomic E-state index is 0.137. The van der Waals surface area contributed by atoms with Crippen molar-refractivity contribution in [2.75, 3.05) is 12.9 Å². The highest BCUT2D eigenvalue weighted by Gasteiger charge is 2.33. The molecular weight excluding hydrogens is 458 g/mol. The number of rotatable bonds is 7. The number of ether oxygens (including phenoxy) is 1. The molecule has 0 aliphatic heterocycles. The van der Waals surface area contributed by atoms with Crippen LogP contribution in [0.5, 0.6) is 5.75 Å². The van der Waals surface area contributed by atoms with E-state index in [1.807, 2.05) is 41.0 Å². The predicted octanol–water partition coefficient (Wildman–Crippen LogP) is 5.03. The quantitative estimate of drug-likeness (QED) is 0.475. The lowest BCUT2D eigenvalue weighted by Gasteiger charge is -2.31. The number of nitrogens with one attached hydrogen (secondary N) is 1. The van der Waals surface area contributed by atoms with Crippen molar-refractivity contribution < 1.29 is 9.53 Å². The third-order valence-electron chi connectivity index (χ3n) is 5.70. The molecule has 0 atom stereocenters. The average Bonchev–Trinajstić information content (AvgIpc) is 3.28. The van der Waals surface area contributed by atoms with Crippen molar-refractivity contribution in [2.45, 2.75) is 42.8 Å². The van der Waals surface area contributed by atoms with Crippen molar-refractivity contribution in [1.82, 2.24) is 20.1 Å². The summed E-state index contributed by atoms with van der Waals surface area (Å²) in [5, 5.41) is 22.6. The molecule has 1 fully saturated rings. The van der Waals surface area contributed by atoms with Gasteiger partial charge >= 0.3 is 0 Å². The Bertz CT molecular complexity index is 1150. The summed E-state index contributed by atoms with van der Waals surface area (Å²) in [5.74, 6) is 1.34. The summed E-state index contributed by atoms with van der Waals surface area (Å²) in [5.41, 5.74) is 0.938. The number of thioether (sulfide) groups is 1. The van der Waals surface area contributed by atoms with E-state index in [1.54, 1.807) is 19.2 Å². The normalized spacial score (nSPS) is 14.9. The SMILES string of the molecule is COc1ccc(-n2c(SCC(=O)NC3(C#N)CCCCC3)nnc2-c2ccc(Cl)cc2)cc1. The van der Waals surface area contributed by atoms with E-state index in [4.69, 9.17) is 16.3 Å². The van der Waals surface area contributed by atoms with Gasteiger partial charge in [0.2, 0.25) is 5.91 Å². The van der Waals surface area contributed by atoms with Crippen LogP contribution in [0.15, 0.2) is 53.7 Å². The van der Waals surface area contributed by atoms with Gasteiger partial charge in [0, 0.05) is 16.3 Å². The van der Waals surface area contributed by atoms with Crippen molar-refractivity contribution in [3.63, 3.8) is 0 Å². The zero-order valence-electron chi connectivity index (χ0n) is 18.3. The molecule has 0 saturated heterocycles. The van der Waals surface area contributed by atoms with Crippen molar-refractivity contribution in [3.05, 3.63) is 53.6 Å². The molecule has 3 aromatic rings. The number of aromatic nitrogens is 3. The van der Waals surface area contributed by atoms with Gasteiger partial charge in [-0.1, -0.05) is 42.6 Å². The maximum Gasteiger partial charge on any atom is 0.231 e. The second-order valence-electron chi connectivity index (χ2n) is 7.94. The molecule has 1 aliphatic rings. The van der Waals surface area contributed by atoms with Gasteiger partial charge in [-0.25, -0.2) is 0 Å². The van der Waals surface area contributed by atoms with Crippen LogP contribution in [0, 0.1) is 11.3 Å². The molecule has 1 saturated carbocycles. The van der Waals surface area contributed by atoms with Crippen LogP contribution in [-0.4, -0.2) is 39.1 Å². The first-order valence-corrected chi connectivity index (χ1v) is 12.1. The van der Waals surface area contributed by atoms with Crippen molar-refractivity contribution in [2.24, 2.45) is 0 Å². The predicted molar refractivity (Wildman–Crippen MR) is 129 cm³/mol. The van der Waals surface area contributed by atoms with Gasteiger partial charge in [0.25, 0.3) is 0 Å². The molecule has 0 bridgehead atoms. The number of amides is 1. The summed E-state index contributed by atoms with van der Waals surface area (Å²) in [7, 11) is 1.62. The number of methoxy groups -OCH3 is 1. The van der Waals surface area contributed by atoms with Crippen molar-refractivity contribution in [1.29, 1.82) is 5.26 Å². The average molecular weight is 482 g/mol. The molecule has 1 amide bonds. The smallest absolute Gasteiger partial charge is 0.231 e. The Morgan fingerprint density at radius 2 is 1.85 bits per heavy atom. The first-order valence-electron chi connectivity index (χ1n) is 10.7. The van der Waals surface area contributed by atoms with Gasteiger partial charge in [0.1, 0.15) is 11.3 Å². The first kappa shape index (κ1) is 23.1. The molecule has 1 aliphatic carbocycles. The van der Waals surface area contributed by atoms with Gasteiger partial charge in [0.15, 0.2) is 11.0 Å². The van der Waals surface area contributed by atoms with Gasteiger partial charge in [-0.2, -0.15) is 5.26 Å². The largest absolute Gasteiger partial charge is 0.497 e. The zero-order chi connectivity index (χ0) is 23.3. The molecule has 0 spiro atoms. The van der Waals surface area contributed by atoms with Crippen LogP contribution in [0.1, 0.15) is 32.1 Å². The first-order chi connectivity index (χ1) is 16.0. The second-order valence-corrected chi connectivity index (χ2v) is 9.32. The molecule has 7 nitrogen and oxygen atoms in total. The fraction of sp³-hybridized carbons (Fsp3) is 0.333. The number of hydrogen-bond acceptors (Lipinski definition) is 6. The van der Waals surface area contributed by atoms with Crippen LogP contribution in [0.3, 0.4) is 0 Å². The Labute approximate surface area is 202 Å². The number of halogens is 1.